The molecular weight excluding hydrogens is 232 g/mol. The van der Waals surface area contributed by atoms with Crippen molar-refractivity contribution in [1.29, 1.82) is 0 Å². The van der Waals surface area contributed by atoms with Crippen LogP contribution in [0, 0.1) is 0 Å². The Labute approximate surface area is 116 Å². The van der Waals surface area contributed by atoms with Gasteiger partial charge in [-0.3, -0.25) is 4.79 Å². The van der Waals surface area contributed by atoms with E-state index in [9.17, 15) is 4.79 Å². The van der Waals surface area contributed by atoms with Gasteiger partial charge in [-0.25, -0.2) is 0 Å². The van der Waals surface area contributed by atoms with Crippen molar-refractivity contribution in [2.24, 2.45) is 0 Å². The lowest BCUT2D eigenvalue weighted by molar-refractivity contribution is -0.113. The molecule has 19 heavy (non-hydrogen) atoms. The smallest absolute Gasteiger partial charge is 0.184 e. The van der Waals surface area contributed by atoms with Crippen molar-refractivity contribution in [2.45, 2.75) is 33.1 Å². The molecule has 0 aromatic heterocycles. The number of rotatable bonds is 4. The molecule has 0 radical (unpaired) electrons. The topological polar surface area (TPSA) is 17.1 Å². The summed E-state index contributed by atoms with van der Waals surface area (Å²) in [6, 6.07) is 0. The SMILES string of the molecule is C/C=C/C=C/C=C1\CCC\C(=C/C=C/C=C/C)C1=O. The van der Waals surface area contributed by atoms with Crippen LogP contribution in [-0.4, -0.2) is 5.78 Å². The third-order valence-electron chi connectivity index (χ3n) is 2.90. The third kappa shape index (κ3) is 5.52. The highest BCUT2D eigenvalue weighted by Crippen LogP contribution is 2.24. The molecule has 0 amide bonds. The summed E-state index contributed by atoms with van der Waals surface area (Å²) in [6.07, 6.45) is 22.3. The van der Waals surface area contributed by atoms with E-state index in [1.165, 1.54) is 0 Å². The van der Waals surface area contributed by atoms with Crippen molar-refractivity contribution in [3.63, 3.8) is 0 Å². The molecule has 0 heterocycles. The first kappa shape index (κ1) is 15.2. The van der Waals surface area contributed by atoms with E-state index in [4.69, 9.17) is 0 Å². The van der Waals surface area contributed by atoms with Crippen molar-refractivity contribution < 1.29 is 4.79 Å². The summed E-state index contributed by atoms with van der Waals surface area (Å²) in [4.78, 5) is 12.2. The predicted molar refractivity (Wildman–Crippen MR) is 82.9 cm³/mol. The highest BCUT2D eigenvalue weighted by Gasteiger charge is 2.18. The normalized spacial score (nSPS) is 22.1. The van der Waals surface area contributed by atoms with Gasteiger partial charge in [0.1, 0.15) is 0 Å². The lowest BCUT2D eigenvalue weighted by Gasteiger charge is -2.15. The molecule has 1 fully saturated rings. The van der Waals surface area contributed by atoms with Gasteiger partial charge in [0, 0.05) is 0 Å². The fourth-order valence-corrected chi connectivity index (χ4v) is 1.91. The maximum Gasteiger partial charge on any atom is 0.184 e. The largest absolute Gasteiger partial charge is 0.289 e. The second-order valence-corrected chi connectivity index (χ2v) is 4.39. The Morgan fingerprint density at radius 2 is 1.21 bits per heavy atom. The van der Waals surface area contributed by atoms with Crippen LogP contribution in [0.1, 0.15) is 33.1 Å². The van der Waals surface area contributed by atoms with Gasteiger partial charge in [-0.2, -0.15) is 0 Å². The van der Waals surface area contributed by atoms with Crippen LogP contribution in [0.4, 0.5) is 0 Å². The first-order chi connectivity index (χ1) is 9.29. The summed E-state index contributed by atoms with van der Waals surface area (Å²) in [5, 5.41) is 0. The van der Waals surface area contributed by atoms with Crippen LogP contribution in [0.2, 0.25) is 0 Å². The van der Waals surface area contributed by atoms with Gasteiger partial charge in [-0.05, 0) is 44.3 Å². The number of hydrogen-bond acceptors (Lipinski definition) is 1. The Balaban J connectivity index is 2.75. The quantitative estimate of drug-likeness (QED) is 0.517. The van der Waals surface area contributed by atoms with Gasteiger partial charge in [-0.1, -0.05) is 60.8 Å². The predicted octanol–water partition coefficient (Wildman–Crippen LogP) is 4.86. The highest BCUT2D eigenvalue weighted by molar-refractivity contribution is 6.09. The second-order valence-electron chi connectivity index (χ2n) is 4.39. The van der Waals surface area contributed by atoms with E-state index in [-0.39, 0.29) is 5.78 Å². The van der Waals surface area contributed by atoms with Crippen LogP contribution in [0.15, 0.2) is 71.9 Å². The summed E-state index contributed by atoms with van der Waals surface area (Å²) in [5.41, 5.74) is 1.83. The Kier molecular flexibility index (Phi) is 7.26. The van der Waals surface area contributed by atoms with Crippen LogP contribution in [0.5, 0.6) is 0 Å². The maximum atomic E-state index is 12.2. The van der Waals surface area contributed by atoms with E-state index >= 15 is 0 Å². The first-order valence-corrected chi connectivity index (χ1v) is 6.81. The Morgan fingerprint density at radius 3 is 1.63 bits per heavy atom. The van der Waals surface area contributed by atoms with Crippen molar-refractivity contribution in [3.8, 4) is 0 Å². The van der Waals surface area contributed by atoms with Crippen LogP contribution in [0.25, 0.3) is 0 Å². The van der Waals surface area contributed by atoms with E-state index in [1.807, 2.05) is 74.6 Å². The zero-order valence-electron chi connectivity index (χ0n) is 11.8. The van der Waals surface area contributed by atoms with E-state index in [1.54, 1.807) is 0 Å². The summed E-state index contributed by atoms with van der Waals surface area (Å²) >= 11 is 0. The first-order valence-electron chi connectivity index (χ1n) is 6.81. The molecule has 1 saturated carbocycles. The van der Waals surface area contributed by atoms with Gasteiger partial charge in [0.15, 0.2) is 5.78 Å². The Hall–Kier alpha value is -1.89. The van der Waals surface area contributed by atoms with Gasteiger partial charge < -0.3 is 0 Å². The van der Waals surface area contributed by atoms with E-state index in [0.717, 1.165) is 30.4 Å². The van der Waals surface area contributed by atoms with Gasteiger partial charge in [0.2, 0.25) is 0 Å². The monoisotopic (exact) mass is 254 g/mol. The second kappa shape index (κ2) is 9.09. The minimum Gasteiger partial charge on any atom is -0.289 e. The number of allylic oxidation sites excluding steroid dienone is 12. The number of ketones is 1. The summed E-state index contributed by atoms with van der Waals surface area (Å²) < 4.78 is 0. The van der Waals surface area contributed by atoms with Crippen LogP contribution < -0.4 is 0 Å². The van der Waals surface area contributed by atoms with Crippen LogP contribution in [-0.2, 0) is 4.79 Å². The highest BCUT2D eigenvalue weighted by atomic mass is 16.1. The molecule has 0 N–H and O–H groups in total. The Morgan fingerprint density at radius 1 is 0.737 bits per heavy atom. The number of carbonyl (C=O) groups excluding carboxylic acids is 1. The van der Waals surface area contributed by atoms with Crippen molar-refractivity contribution >= 4 is 5.78 Å². The zero-order chi connectivity index (χ0) is 13.9. The Bertz CT molecular complexity index is 426. The summed E-state index contributed by atoms with van der Waals surface area (Å²) in [7, 11) is 0. The average molecular weight is 254 g/mol. The molecule has 0 bridgehead atoms. The van der Waals surface area contributed by atoms with Crippen molar-refractivity contribution in [3.05, 3.63) is 71.9 Å². The van der Waals surface area contributed by atoms with Crippen molar-refractivity contribution in [2.75, 3.05) is 0 Å². The number of Topliss-reactive ketones (excluding diaryl/α,β-unsaturated/α-hetero) is 1. The van der Waals surface area contributed by atoms with E-state index < -0.39 is 0 Å². The van der Waals surface area contributed by atoms with E-state index in [2.05, 4.69) is 0 Å². The molecule has 0 spiro atoms. The fraction of sp³-hybridized carbons (Fsp3) is 0.278. The average Bonchev–Trinajstić information content (AvgIpc) is 2.43. The third-order valence-corrected chi connectivity index (χ3v) is 2.90. The maximum absolute atomic E-state index is 12.2. The molecule has 1 aliphatic rings. The molecule has 0 aliphatic heterocycles. The van der Waals surface area contributed by atoms with E-state index in [0.29, 0.717) is 0 Å². The van der Waals surface area contributed by atoms with Crippen LogP contribution in [0.3, 0.4) is 0 Å². The number of carbonyl (C=O) groups is 1. The van der Waals surface area contributed by atoms with Gasteiger partial charge in [-0.15, -0.1) is 0 Å². The molecule has 100 valence electrons. The van der Waals surface area contributed by atoms with Gasteiger partial charge in [0.25, 0.3) is 0 Å². The standard InChI is InChI=1S/C18H22O/c1-3-5-7-9-12-16-14-11-15-17(18(16)19)13-10-8-6-4-2/h3-10,12-13H,11,14-15H2,1-2H3/b5-3+,6-4+,9-7+,10-8+,16-12+,17-13+. The molecule has 0 saturated heterocycles. The minimum absolute atomic E-state index is 0.196. The van der Waals surface area contributed by atoms with Crippen LogP contribution >= 0.6 is 0 Å². The van der Waals surface area contributed by atoms with Crippen molar-refractivity contribution in [1.82, 2.24) is 0 Å². The molecule has 0 atom stereocenters. The molecule has 1 aliphatic carbocycles. The lowest BCUT2D eigenvalue weighted by Crippen LogP contribution is -2.12. The molecule has 0 aromatic carbocycles. The minimum atomic E-state index is 0.196. The molecule has 1 nitrogen and oxygen atoms in total. The molecule has 1 heteroatoms. The summed E-state index contributed by atoms with van der Waals surface area (Å²) in [5.74, 6) is 0.196. The molecule has 1 rings (SSSR count). The summed E-state index contributed by atoms with van der Waals surface area (Å²) in [6.45, 7) is 3.95. The fourth-order valence-electron chi connectivity index (χ4n) is 1.91. The zero-order valence-corrected chi connectivity index (χ0v) is 11.8. The molecular formula is C18H22O. The lowest BCUT2D eigenvalue weighted by atomic mass is 9.88. The molecule has 0 unspecified atom stereocenters. The molecule has 0 aromatic rings. The van der Waals surface area contributed by atoms with Gasteiger partial charge in [0.05, 0.1) is 0 Å². The number of hydrogen-bond donors (Lipinski definition) is 0. The van der Waals surface area contributed by atoms with Gasteiger partial charge >= 0.3 is 0 Å².